The van der Waals surface area contributed by atoms with Crippen LogP contribution in [0.3, 0.4) is 0 Å². The summed E-state index contributed by atoms with van der Waals surface area (Å²) in [6.45, 7) is 0. The van der Waals surface area contributed by atoms with E-state index in [0.29, 0.717) is 4.83 Å². The van der Waals surface area contributed by atoms with E-state index < -0.39 is 17.2 Å². The Bertz CT molecular complexity index is 620. The smallest absolute Gasteiger partial charge is 0.347 e. The molecule has 0 aliphatic heterocycles. The Hall–Kier alpha value is -1.89. The average Bonchev–Trinajstić information content (AvgIpc) is 2.47. The fourth-order valence-corrected chi connectivity index (χ4v) is 1.91. The van der Waals surface area contributed by atoms with Crippen LogP contribution in [0.2, 0.25) is 0 Å². The van der Waals surface area contributed by atoms with E-state index in [1.54, 1.807) is 0 Å². The second kappa shape index (κ2) is 2.81. The highest BCUT2D eigenvalue weighted by Crippen LogP contribution is 2.13. The first-order valence-corrected chi connectivity index (χ1v) is 4.38. The van der Waals surface area contributed by atoms with E-state index in [4.69, 9.17) is 5.11 Å². The lowest BCUT2D eigenvalue weighted by atomic mass is 10.5. The van der Waals surface area contributed by atoms with Gasteiger partial charge >= 0.3 is 11.7 Å². The zero-order chi connectivity index (χ0) is 10.3. The van der Waals surface area contributed by atoms with Gasteiger partial charge in [-0.05, 0) is 0 Å². The molecule has 0 aliphatic carbocycles. The van der Waals surface area contributed by atoms with Gasteiger partial charge in [0.1, 0.15) is 9.71 Å². The van der Waals surface area contributed by atoms with Gasteiger partial charge in [-0.2, -0.15) is 0 Å². The number of carbonyl (C=O) groups is 1. The van der Waals surface area contributed by atoms with E-state index in [0.717, 1.165) is 15.7 Å². The monoisotopic (exact) mass is 212 g/mol. The number of H-pyrrole nitrogens is 1. The summed E-state index contributed by atoms with van der Waals surface area (Å²) in [7, 11) is 0. The van der Waals surface area contributed by atoms with E-state index in [-0.39, 0.29) is 4.88 Å². The van der Waals surface area contributed by atoms with Crippen molar-refractivity contribution in [2.45, 2.75) is 0 Å². The number of carboxylic acid groups (broad SMARTS) is 1. The van der Waals surface area contributed by atoms with Crippen molar-refractivity contribution in [1.29, 1.82) is 0 Å². The molecule has 0 spiro atoms. The van der Waals surface area contributed by atoms with Crippen LogP contribution in [0.15, 0.2) is 21.9 Å². The first-order valence-electron chi connectivity index (χ1n) is 3.57. The second-order valence-electron chi connectivity index (χ2n) is 2.55. The maximum Gasteiger partial charge on any atom is 0.347 e. The molecule has 0 atom stereocenters. The molecule has 6 nitrogen and oxygen atoms in total. The third-order valence-corrected chi connectivity index (χ3v) is 2.64. The highest BCUT2D eigenvalue weighted by molar-refractivity contribution is 7.19. The van der Waals surface area contributed by atoms with Gasteiger partial charge in [-0.25, -0.2) is 9.59 Å². The second-order valence-corrected chi connectivity index (χ2v) is 3.61. The molecule has 0 fully saturated rings. The summed E-state index contributed by atoms with van der Waals surface area (Å²) >= 11 is 0.877. The quantitative estimate of drug-likeness (QED) is 0.681. The topological polar surface area (TPSA) is 91.6 Å². The van der Waals surface area contributed by atoms with Crippen LogP contribution in [0.1, 0.15) is 9.67 Å². The maximum atomic E-state index is 11.2. The van der Waals surface area contributed by atoms with E-state index in [9.17, 15) is 14.4 Å². The minimum atomic E-state index is -1.12. The Morgan fingerprint density at radius 1 is 1.50 bits per heavy atom. The third-order valence-electron chi connectivity index (χ3n) is 1.61. The van der Waals surface area contributed by atoms with Gasteiger partial charge in [0, 0.05) is 12.3 Å². The lowest BCUT2D eigenvalue weighted by molar-refractivity contribution is 0.0702. The lowest BCUT2D eigenvalue weighted by Crippen LogP contribution is -2.23. The molecule has 0 aliphatic rings. The van der Waals surface area contributed by atoms with Crippen molar-refractivity contribution in [3.8, 4) is 0 Å². The molecule has 0 aromatic carbocycles. The lowest BCUT2D eigenvalue weighted by Gasteiger charge is -1.86. The van der Waals surface area contributed by atoms with E-state index in [1.165, 1.54) is 12.3 Å². The van der Waals surface area contributed by atoms with Crippen molar-refractivity contribution >= 4 is 22.1 Å². The van der Waals surface area contributed by atoms with Gasteiger partial charge < -0.3 is 5.11 Å². The van der Waals surface area contributed by atoms with Crippen molar-refractivity contribution in [3.63, 3.8) is 0 Å². The Morgan fingerprint density at radius 3 is 2.86 bits per heavy atom. The molecule has 0 saturated carbocycles. The fraction of sp³-hybridized carbons (Fsp3) is 0. The van der Waals surface area contributed by atoms with Crippen molar-refractivity contribution in [2.75, 3.05) is 0 Å². The number of rotatable bonds is 1. The number of aromatic amines is 1. The van der Waals surface area contributed by atoms with Gasteiger partial charge in [0.15, 0.2) is 0 Å². The van der Waals surface area contributed by atoms with Gasteiger partial charge in [-0.15, -0.1) is 11.3 Å². The molecule has 72 valence electrons. The summed E-state index contributed by atoms with van der Waals surface area (Å²) in [5.41, 5.74) is -1.16. The number of hydrogen-bond acceptors (Lipinski definition) is 4. The molecule has 0 amide bonds. The first kappa shape index (κ1) is 8.70. The number of aromatic nitrogens is 2. The molecular formula is C7H4N2O4S. The predicted octanol–water partition coefficient (Wildman–Crippen LogP) is -0.253. The highest BCUT2D eigenvalue weighted by Gasteiger charge is 2.09. The van der Waals surface area contributed by atoms with Crippen LogP contribution in [-0.4, -0.2) is 20.5 Å². The molecule has 0 unspecified atom stereocenters. The highest BCUT2D eigenvalue weighted by atomic mass is 32.1. The predicted molar refractivity (Wildman–Crippen MR) is 49.1 cm³/mol. The molecule has 0 saturated heterocycles. The van der Waals surface area contributed by atoms with Crippen LogP contribution < -0.4 is 11.2 Å². The molecule has 0 bridgehead atoms. The first-order chi connectivity index (χ1) is 6.58. The standard InChI is InChI=1S/C7H4N2O4S/c10-4-1-5-9(7(13)8-4)2-3(14-5)6(11)12/h1-2H,(H,11,12)(H,8,10,13). The maximum absolute atomic E-state index is 11.2. The number of aromatic carboxylic acids is 1. The van der Waals surface area contributed by atoms with Crippen molar-refractivity contribution < 1.29 is 9.90 Å². The van der Waals surface area contributed by atoms with Gasteiger partial charge in [0.2, 0.25) is 0 Å². The van der Waals surface area contributed by atoms with Crippen LogP contribution in [0.4, 0.5) is 0 Å². The van der Waals surface area contributed by atoms with E-state index >= 15 is 0 Å². The summed E-state index contributed by atoms with van der Waals surface area (Å²) in [6, 6.07) is 1.18. The van der Waals surface area contributed by atoms with Crippen molar-refractivity contribution in [2.24, 2.45) is 0 Å². The molecule has 7 heteroatoms. The molecular weight excluding hydrogens is 208 g/mol. The summed E-state index contributed by atoms with van der Waals surface area (Å²) in [6.07, 6.45) is 1.18. The Balaban J connectivity index is 2.90. The third kappa shape index (κ3) is 1.23. The SMILES string of the molecule is O=C(O)c1cn2c(=O)[nH]c(=O)cc2s1. The number of thiazole rings is 1. The summed E-state index contributed by atoms with van der Waals surface area (Å²) in [4.78, 5) is 35.0. The average molecular weight is 212 g/mol. The number of fused-ring (bicyclic) bond motifs is 1. The summed E-state index contributed by atoms with van der Waals surface area (Å²) < 4.78 is 1.09. The zero-order valence-corrected chi connectivity index (χ0v) is 7.50. The molecule has 14 heavy (non-hydrogen) atoms. The van der Waals surface area contributed by atoms with Crippen molar-refractivity contribution in [1.82, 2.24) is 9.38 Å². The number of carboxylic acids is 1. The Morgan fingerprint density at radius 2 is 2.21 bits per heavy atom. The Labute approximate surface area is 80.1 Å². The van der Waals surface area contributed by atoms with E-state index in [1.807, 2.05) is 4.98 Å². The van der Waals surface area contributed by atoms with Crippen LogP contribution >= 0.6 is 11.3 Å². The molecule has 2 N–H and O–H groups in total. The summed E-state index contributed by atoms with van der Waals surface area (Å²) in [5, 5.41) is 8.65. The van der Waals surface area contributed by atoms with Gasteiger partial charge in [0.25, 0.3) is 5.56 Å². The largest absolute Gasteiger partial charge is 0.477 e. The molecule has 2 rings (SSSR count). The van der Waals surface area contributed by atoms with Gasteiger partial charge in [-0.3, -0.25) is 14.2 Å². The summed E-state index contributed by atoms with van der Waals surface area (Å²) in [5.74, 6) is -1.12. The van der Waals surface area contributed by atoms with Gasteiger partial charge in [0.05, 0.1) is 0 Å². The van der Waals surface area contributed by atoms with Crippen LogP contribution in [0.5, 0.6) is 0 Å². The molecule has 2 heterocycles. The minimum Gasteiger partial charge on any atom is -0.477 e. The number of hydrogen-bond donors (Lipinski definition) is 2. The normalized spacial score (nSPS) is 10.6. The minimum absolute atomic E-state index is 0.0149. The fourth-order valence-electron chi connectivity index (χ4n) is 1.04. The number of nitrogens with zero attached hydrogens (tertiary/aromatic N) is 1. The number of nitrogens with one attached hydrogen (secondary N) is 1. The molecule has 0 radical (unpaired) electrons. The van der Waals surface area contributed by atoms with Crippen LogP contribution in [0, 0.1) is 0 Å². The van der Waals surface area contributed by atoms with Gasteiger partial charge in [-0.1, -0.05) is 0 Å². The Kier molecular flexibility index (Phi) is 1.74. The molecule has 2 aromatic heterocycles. The zero-order valence-electron chi connectivity index (χ0n) is 6.68. The van der Waals surface area contributed by atoms with Crippen LogP contribution in [-0.2, 0) is 0 Å². The molecule has 2 aromatic rings. The van der Waals surface area contributed by atoms with E-state index in [2.05, 4.69) is 0 Å². The van der Waals surface area contributed by atoms with Crippen molar-refractivity contribution in [3.05, 3.63) is 38.0 Å². The van der Waals surface area contributed by atoms with Crippen LogP contribution in [0.25, 0.3) is 4.83 Å².